The molecule has 11 nitrogen and oxygen atoms in total. The summed E-state index contributed by atoms with van der Waals surface area (Å²) in [6.07, 6.45) is 0.417. The van der Waals surface area contributed by atoms with Gasteiger partial charge in [0.15, 0.2) is 0 Å². The quantitative estimate of drug-likeness (QED) is 0.390. The van der Waals surface area contributed by atoms with Gasteiger partial charge in [0.25, 0.3) is 5.56 Å². The average molecular weight is 455 g/mol. The van der Waals surface area contributed by atoms with Crippen LogP contribution in [0.4, 0.5) is 20.7 Å². The van der Waals surface area contributed by atoms with Gasteiger partial charge in [0, 0.05) is 17.6 Å². The zero-order chi connectivity index (χ0) is 24.0. The van der Waals surface area contributed by atoms with Crippen LogP contribution in [0.5, 0.6) is 5.75 Å². The van der Waals surface area contributed by atoms with Gasteiger partial charge in [-0.25, -0.2) is 19.6 Å². The molecule has 0 aliphatic carbocycles. The SMILES string of the molecule is Cc1ccc(N)c(CNC(=O)Cn2c(C)cnc(NNC(=O)Oc3ccc(F)cc3)c2=O)n1. The van der Waals surface area contributed by atoms with Crippen LogP contribution >= 0.6 is 0 Å². The standard InChI is InChI=1S/C21H22FN7O4/c1-12-3-8-16(23)17(26-12)10-24-18(30)11-29-13(2)9-25-19(20(29)31)27-28-21(32)33-15-6-4-14(22)5-7-15/h3-9H,10-11,23H2,1-2H3,(H,24,30)(H,25,27)(H,28,32). The molecule has 0 saturated heterocycles. The molecule has 2 aromatic heterocycles. The average Bonchev–Trinajstić information content (AvgIpc) is 2.78. The number of nitrogens with two attached hydrogens (primary N) is 1. The van der Waals surface area contributed by atoms with Crippen molar-refractivity contribution in [2.24, 2.45) is 0 Å². The molecule has 0 bridgehead atoms. The van der Waals surface area contributed by atoms with E-state index in [0.29, 0.717) is 17.1 Å². The van der Waals surface area contributed by atoms with Crippen molar-refractivity contribution >= 4 is 23.5 Å². The number of ether oxygens (including phenoxy) is 1. The van der Waals surface area contributed by atoms with E-state index in [2.05, 4.69) is 26.1 Å². The number of nitrogens with one attached hydrogen (secondary N) is 3. The zero-order valence-electron chi connectivity index (χ0n) is 17.9. The van der Waals surface area contributed by atoms with Crippen LogP contribution < -0.4 is 32.2 Å². The Morgan fingerprint density at radius 3 is 2.61 bits per heavy atom. The largest absolute Gasteiger partial charge is 0.431 e. The van der Waals surface area contributed by atoms with Crippen molar-refractivity contribution in [1.29, 1.82) is 0 Å². The Balaban J connectivity index is 1.61. The summed E-state index contributed by atoms with van der Waals surface area (Å²) in [7, 11) is 0. The van der Waals surface area contributed by atoms with Crippen LogP contribution in [0, 0.1) is 19.7 Å². The second-order valence-electron chi connectivity index (χ2n) is 7.00. The molecular formula is C21H22FN7O4. The van der Waals surface area contributed by atoms with Crippen molar-refractivity contribution in [2.45, 2.75) is 26.9 Å². The molecule has 0 spiro atoms. The van der Waals surface area contributed by atoms with Crippen molar-refractivity contribution in [3.63, 3.8) is 0 Å². The van der Waals surface area contributed by atoms with Gasteiger partial charge in [-0.1, -0.05) is 0 Å². The fourth-order valence-electron chi connectivity index (χ4n) is 2.74. The minimum atomic E-state index is -0.948. The van der Waals surface area contributed by atoms with Crippen LogP contribution in [0.2, 0.25) is 0 Å². The van der Waals surface area contributed by atoms with E-state index >= 15 is 0 Å². The van der Waals surface area contributed by atoms with Crippen molar-refractivity contribution in [3.05, 3.63) is 75.8 Å². The lowest BCUT2D eigenvalue weighted by atomic mass is 10.2. The second-order valence-corrected chi connectivity index (χ2v) is 7.00. The highest BCUT2D eigenvalue weighted by Crippen LogP contribution is 2.11. The summed E-state index contributed by atoms with van der Waals surface area (Å²) in [6.45, 7) is 3.24. The van der Waals surface area contributed by atoms with Crippen LogP contribution in [-0.4, -0.2) is 26.5 Å². The number of anilines is 2. The highest BCUT2D eigenvalue weighted by molar-refractivity contribution is 5.76. The first kappa shape index (κ1) is 23.2. The molecule has 0 saturated carbocycles. The first-order chi connectivity index (χ1) is 15.7. The zero-order valence-corrected chi connectivity index (χ0v) is 17.9. The smallest absolute Gasteiger partial charge is 0.409 e. The van der Waals surface area contributed by atoms with Crippen molar-refractivity contribution in [3.8, 4) is 5.75 Å². The Morgan fingerprint density at radius 2 is 1.88 bits per heavy atom. The molecule has 0 atom stereocenters. The predicted molar refractivity (Wildman–Crippen MR) is 118 cm³/mol. The first-order valence-corrected chi connectivity index (χ1v) is 9.77. The maximum absolute atomic E-state index is 12.9. The fourth-order valence-corrected chi connectivity index (χ4v) is 2.74. The molecule has 2 heterocycles. The van der Waals surface area contributed by atoms with Crippen molar-refractivity contribution < 1.29 is 18.7 Å². The number of hydrogen-bond donors (Lipinski definition) is 4. The van der Waals surface area contributed by atoms with Gasteiger partial charge in [-0.05, 0) is 50.2 Å². The van der Waals surface area contributed by atoms with E-state index < -0.39 is 23.4 Å². The Morgan fingerprint density at radius 1 is 1.15 bits per heavy atom. The molecule has 0 aliphatic rings. The van der Waals surface area contributed by atoms with Gasteiger partial charge in [-0.2, -0.15) is 0 Å². The molecule has 12 heteroatoms. The maximum atomic E-state index is 12.9. The van der Waals surface area contributed by atoms with Gasteiger partial charge in [0.1, 0.15) is 18.1 Å². The summed E-state index contributed by atoms with van der Waals surface area (Å²) in [5.41, 5.74) is 11.9. The number of aryl methyl sites for hydroxylation is 2. The lowest BCUT2D eigenvalue weighted by Crippen LogP contribution is -2.38. The van der Waals surface area contributed by atoms with Crippen LogP contribution in [0.3, 0.4) is 0 Å². The number of pyridine rings is 1. The van der Waals surface area contributed by atoms with Crippen molar-refractivity contribution in [2.75, 3.05) is 11.2 Å². The molecule has 33 heavy (non-hydrogen) atoms. The van der Waals surface area contributed by atoms with E-state index in [-0.39, 0.29) is 24.7 Å². The highest BCUT2D eigenvalue weighted by atomic mass is 19.1. The van der Waals surface area contributed by atoms with Gasteiger partial charge in [-0.15, -0.1) is 0 Å². The number of aromatic nitrogens is 3. The Kier molecular flexibility index (Phi) is 7.18. The van der Waals surface area contributed by atoms with Crippen LogP contribution in [0.1, 0.15) is 17.1 Å². The number of benzene rings is 1. The van der Waals surface area contributed by atoms with Gasteiger partial charge < -0.3 is 15.8 Å². The van der Waals surface area contributed by atoms with E-state index in [0.717, 1.165) is 17.8 Å². The normalized spacial score (nSPS) is 10.4. The molecule has 0 fully saturated rings. The number of amides is 2. The van der Waals surface area contributed by atoms with E-state index in [1.54, 1.807) is 19.1 Å². The summed E-state index contributed by atoms with van der Waals surface area (Å²) in [5, 5.41) is 2.67. The van der Waals surface area contributed by atoms with Crippen LogP contribution in [0.25, 0.3) is 0 Å². The van der Waals surface area contributed by atoms with E-state index in [1.807, 2.05) is 6.92 Å². The van der Waals surface area contributed by atoms with E-state index in [9.17, 15) is 18.8 Å². The number of nitrogen functional groups attached to an aromatic ring is 1. The third-order valence-corrected chi connectivity index (χ3v) is 4.46. The third kappa shape index (κ3) is 6.26. The molecular weight excluding hydrogens is 433 g/mol. The number of carbonyl (C=O) groups excluding carboxylic acids is 2. The molecule has 3 aromatic rings. The van der Waals surface area contributed by atoms with Gasteiger partial charge in [0.2, 0.25) is 11.7 Å². The lowest BCUT2D eigenvalue weighted by molar-refractivity contribution is -0.121. The Bertz CT molecular complexity index is 1230. The predicted octanol–water partition coefficient (Wildman–Crippen LogP) is 1.41. The molecule has 0 radical (unpaired) electrons. The van der Waals surface area contributed by atoms with Crippen LogP contribution in [-0.2, 0) is 17.9 Å². The summed E-state index contributed by atoms with van der Waals surface area (Å²) in [4.78, 5) is 45.2. The number of halogens is 1. The number of rotatable bonds is 7. The van der Waals surface area contributed by atoms with Gasteiger partial charge in [-0.3, -0.25) is 24.6 Å². The molecule has 0 aliphatic heterocycles. The number of hydrazine groups is 1. The first-order valence-electron chi connectivity index (χ1n) is 9.77. The molecule has 0 unspecified atom stereocenters. The molecule has 172 valence electrons. The summed E-state index contributed by atoms with van der Waals surface area (Å²) in [5.74, 6) is -1.05. The summed E-state index contributed by atoms with van der Waals surface area (Å²) < 4.78 is 19.0. The summed E-state index contributed by atoms with van der Waals surface area (Å²) in [6, 6.07) is 8.26. The minimum absolute atomic E-state index is 0.102. The fraction of sp³-hybridized carbons (Fsp3) is 0.190. The van der Waals surface area contributed by atoms with Gasteiger partial charge in [0.05, 0.1) is 17.9 Å². The summed E-state index contributed by atoms with van der Waals surface area (Å²) >= 11 is 0. The molecule has 1 aromatic carbocycles. The van der Waals surface area contributed by atoms with E-state index in [4.69, 9.17) is 10.5 Å². The van der Waals surface area contributed by atoms with Crippen LogP contribution in [0.15, 0.2) is 47.4 Å². The molecule has 3 rings (SSSR count). The van der Waals surface area contributed by atoms with Crippen molar-refractivity contribution in [1.82, 2.24) is 25.3 Å². The highest BCUT2D eigenvalue weighted by Gasteiger charge is 2.13. The number of nitrogens with zero attached hydrogens (tertiary/aromatic N) is 3. The van der Waals surface area contributed by atoms with E-state index in [1.165, 1.54) is 22.9 Å². The number of carbonyl (C=O) groups is 2. The third-order valence-electron chi connectivity index (χ3n) is 4.46. The lowest BCUT2D eigenvalue weighted by Gasteiger charge is -2.13. The molecule has 2 amide bonds. The van der Waals surface area contributed by atoms with Gasteiger partial charge >= 0.3 is 6.09 Å². The molecule has 5 N–H and O–H groups in total. The maximum Gasteiger partial charge on any atom is 0.431 e. The monoisotopic (exact) mass is 455 g/mol. The Hall–Kier alpha value is -4.48. The topological polar surface area (TPSA) is 153 Å². The number of hydrogen-bond acceptors (Lipinski definition) is 8. The minimum Gasteiger partial charge on any atom is -0.409 e. The second kappa shape index (κ2) is 10.2. The Labute approximate surface area is 187 Å².